The zero-order chi connectivity index (χ0) is 19.5. The second kappa shape index (κ2) is 11.8. The molecule has 1 aliphatic rings. The molecule has 27 heavy (non-hydrogen) atoms. The zero-order valence-electron chi connectivity index (χ0n) is 17.4. The molecular formula is C21H36N4O2. The summed E-state index contributed by atoms with van der Waals surface area (Å²) >= 11 is 0. The standard InChI is InChI=1S/C21H36N4O2/c1-22-21(25(4)13-15-26-17-19-6-7-19)23-16-18-8-10-20(11-9-18)27-14-5-12-24(2)3/h8-11,19H,5-7,12-17H2,1-4H3,(H,22,23). The molecule has 0 amide bonds. The molecule has 1 fully saturated rings. The lowest BCUT2D eigenvalue weighted by Gasteiger charge is -2.22. The van der Waals surface area contributed by atoms with Gasteiger partial charge in [-0.3, -0.25) is 4.99 Å². The Kier molecular flexibility index (Phi) is 9.42. The average molecular weight is 377 g/mol. The Balaban J connectivity index is 1.65. The molecule has 0 atom stereocenters. The van der Waals surface area contributed by atoms with Gasteiger partial charge in [0.15, 0.2) is 5.96 Å². The summed E-state index contributed by atoms with van der Waals surface area (Å²) in [6.07, 6.45) is 3.70. The molecule has 2 rings (SSSR count). The number of nitrogens with one attached hydrogen (secondary N) is 1. The Bertz CT molecular complexity index is 556. The fourth-order valence-corrected chi connectivity index (χ4v) is 2.68. The van der Waals surface area contributed by atoms with Crippen LogP contribution in [0.2, 0.25) is 0 Å². The van der Waals surface area contributed by atoms with Crippen molar-refractivity contribution in [1.29, 1.82) is 0 Å². The number of nitrogens with zero attached hydrogens (tertiary/aromatic N) is 3. The van der Waals surface area contributed by atoms with E-state index in [1.807, 2.05) is 26.2 Å². The summed E-state index contributed by atoms with van der Waals surface area (Å²) in [5, 5.41) is 3.41. The number of aliphatic imine (C=N–C) groups is 1. The molecule has 6 heteroatoms. The predicted molar refractivity (Wildman–Crippen MR) is 111 cm³/mol. The van der Waals surface area contributed by atoms with E-state index in [0.717, 1.165) is 63.5 Å². The highest BCUT2D eigenvalue weighted by molar-refractivity contribution is 5.79. The normalized spacial score (nSPS) is 14.5. The number of benzene rings is 1. The molecular weight excluding hydrogens is 340 g/mol. The van der Waals surface area contributed by atoms with E-state index < -0.39 is 0 Å². The van der Waals surface area contributed by atoms with Gasteiger partial charge in [0.1, 0.15) is 5.75 Å². The summed E-state index contributed by atoms with van der Waals surface area (Å²) in [5.74, 6) is 2.62. The van der Waals surface area contributed by atoms with Crippen molar-refractivity contribution in [3.05, 3.63) is 29.8 Å². The molecule has 1 aromatic rings. The lowest BCUT2D eigenvalue weighted by atomic mass is 10.2. The largest absolute Gasteiger partial charge is 0.494 e. The summed E-state index contributed by atoms with van der Waals surface area (Å²) in [6, 6.07) is 8.26. The molecule has 1 N–H and O–H groups in total. The van der Waals surface area contributed by atoms with E-state index in [0.29, 0.717) is 0 Å². The summed E-state index contributed by atoms with van der Waals surface area (Å²) in [6.45, 7) is 5.01. The van der Waals surface area contributed by atoms with E-state index in [9.17, 15) is 0 Å². The van der Waals surface area contributed by atoms with Gasteiger partial charge in [0.25, 0.3) is 0 Å². The Morgan fingerprint density at radius 3 is 2.48 bits per heavy atom. The molecule has 6 nitrogen and oxygen atoms in total. The van der Waals surface area contributed by atoms with Crippen LogP contribution < -0.4 is 10.1 Å². The third kappa shape index (κ3) is 9.11. The van der Waals surface area contributed by atoms with Crippen LogP contribution >= 0.6 is 0 Å². The summed E-state index contributed by atoms with van der Waals surface area (Å²) in [4.78, 5) is 8.63. The maximum absolute atomic E-state index is 5.78. The number of ether oxygens (including phenoxy) is 2. The average Bonchev–Trinajstić information content (AvgIpc) is 3.48. The van der Waals surface area contributed by atoms with Crippen molar-refractivity contribution in [3.63, 3.8) is 0 Å². The number of hydrogen-bond acceptors (Lipinski definition) is 4. The smallest absolute Gasteiger partial charge is 0.193 e. The molecule has 0 radical (unpaired) electrons. The monoisotopic (exact) mass is 376 g/mol. The van der Waals surface area contributed by atoms with Crippen LogP contribution in [0.4, 0.5) is 0 Å². The first-order valence-electron chi connectivity index (χ1n) is 9.94. The fraction of sp³-hybridized carbons (Fsp3) is 0.667. The van der Waals surface area contributed by atoms with Gasteiger partial charge in [-0.15, -0.1) is 0 Å². The second-order valence-electron chi connectivity index (χ2n) is 7.49. The highest BCUT2D eigenvalue weighted by Gasteiger charge is 2.21. The van der Waals surface area contributed by atoms with Crippen molar-refractivity contribution in [2.45, 2.75) is 25.8 Å². The van der Waals surface area contributed by atoms with Crippen molar-refractivity contribution in [2.24, 2.45) is 10.9 Å². The molecule has 1 aromatic carbocycles. The minimum Gasteiger partial charge on any atom is -0.494 e. The van der Waals surface area contributed by atoms with Gasteiger partial charge < -0.3 is 24.6 Å². The summed E-state index contributed by atoms with van der Waals surface area (Å²) in [5.41, 5.74) is 1.20. The molecule has 0 aromatic heterocycles. The van der Waals surface area contributed by atoms with Crippen LogP contribution in [0.5, 0.6) is 5.75 Å². The van der Waals surface area contributed by atoms with Crippen LogP contribution in [-0.4, -0.2) is 76.9 Å². The van der Waals surface area contributed by atoms with E-state index >= 15 is 0 Å². The van der Waals surface area contributed by atoms with Crippen molar-refractivity contribution in [1.82, 2.24) is 15.1 Å². The van der Waals surface area contributed by atoms with E-state index in [1.54, 1.807) is 0 Å². The summed E-state index contributed by atoms with van der Waals surface area (Å²) in [7, 11) is 8.01. The van der Waals surface area contributed by atoms with Crippen LogP contribution in [0.15, 0.2) is 29.3 Å². The van der Waals surface area contributed by atoms with Crippen LogP contribution in [0.3, 0.4) is 0 Å². The topological polar surface area (TPSA) is 49.3 Å². The molecule has 0 spiro atoms. The van der Waals surface area contributed by atoms with Gasteiger partial charge in [-0.1, -0.05) is 12.1 Å². The molecule has 1 aliphatic carbocycles. The van der Waals surface area contributed by atoms with E-state index in [-0.39, 0.29) is 0 Å². The van der Waals surface area contributed by atoms with Crippen molar-refractivity contribution in [3.8, 4) is 5.75 Å². The Labute approximate surface area is 164 Å². The fourth-order valence-electron chi connectivity index (χ4n) is 2.68. The van der Waals surface area contributed by atoms with Crippen molar-refractivity contribution >= 4 is 5.96 Å². The van der Waals surface area contributed by atoms with Crippen molar-refractivity contribution < 1.29 is 9.47 Å². The Morgan fingerprint density at radius 1 is 1.11 bits per heavy atom. The Morgan fingerprint density at radius 2 is 1.85 bits per heavy atom. The first-order valence-corrected chi connectivity index (χ1v) is 9.94. The third-order valence-electron chi connectivity index (χ3n) is 4.59. The predicted octanol–water partition coefficient (Wildman–Crippen LogP) is 2.45. The zero-order valence-corrected chi connectivity index (χ0v) is 17.4. The number of hydrogen-bond donors (Lipinski definition) is 1. The number of guanidine groups is 1. The summed E-state index contributed by atoms with van der Waals surface area (Å²) < 4.78 is 11.5. The minimum absolute atomic E-state index is 0.737. The van der Waals surface area contributed by atoms with Gasteiger partial charge in [0, 0.05) is 40.3 Å². The molecule has 0 saturated heterocycles. The first-order chi connectivity index (χ1) is 13.1. The van der Waals surface area contributed by atoms with Gasteiger partial charge in [0.2, 0.25) is 0 Å². The number of rotatable bonds is 12. The van der Waals surface area contributed by atoms with Gasteiger partial charge in [-0.05, 0) is 57.0 Å². The van der Waals surface area contributed by atoms with E-state index in [2.05, 4.69) is 46.3 Å². The Hall–Kier alpha value is -1.79. The van der Waals surface area contributed by atoms with E-state index in [4.69, 9.17) is 9.47 Å². The number of likely N-dealkylation sites (N-methyl/N-ethyl adjacent to an activating group) is 1. The molecule has 0 unspecified atom stereocenters. The van der Waals surface area contributed by atoms with Gasteiger partial charge in [-0.2, -0.15) is 0 Å². The van der Waals surface area contributed by atoms with Crippen LogP contribution in [0, 0.1) is 5.92 Å². The lowest BCUT2D eigenvalue weighted by Crippen LogP contribution is -2.40. The van der Waals surface area contributed by atoms with Crippen LogP contribution in [-0.2, 0) is 11.3 Å². The highest BCUT2D eigenvalue weighted by Crippen LogP contribution is 2.28. The second-order valence-corrected chi connectivity index (χ2v) is 7.49. The van der Waals surface area contributed by atoms with Crippen LogP contribution in [0.1, 0.15) is 24.8 Å². The van der Waals surface area contributed by atoms with E-state index in [1.165, 1.54) is 18.4 Å². The molecule has 0 aliphatic heterocycles. The third-order valence-corrected chi connectivity index (χ3v) is 4.59. The maximum atomic E-state index is 5.78. The van der Waals surface area contributed by atoms with Crippen molar-refractivity contribution in [2.75, 3.05) is 61.1 Å². The molecule has 0 bridgehead atoms. The van der Waals surface area contributed by atoms with Crippen LogP contribution in [0.25, 0.3) is 0 Å². The van der Waals surface area contributed by atoms with Gasteiger partial charge in [-0.25, -0.2) is 0 Å². The maximum Gasteiger partial charge on any atom is 0.193 e. The van der Waals surface area contributed by atoms with Gasteiger partial charge >= 0.3 is 0 Å². The first kappa shape index (κ1) is 21.5. The molecule has 0 heterocycles. The molecule has 1 saturated carbocycles. The quantitative estimate of drug-likeness (QED) is 0.345. The minimum atomic E-state index is 0.737. The lowest BCUT2D eigenvalue weighted by molar-refractivity contribution is 0.115. The SMILES string of the molecule is CN=C(NCc1ccc(OCCCN(C)C)cc1)N(C)CCOCC1CC1. The molecule has 152 valence electrons. The highest BCUT2D eigenvalue weighted by atomic mass is 16.5. The van der Waals surface area contributed by atoms with Gasteiger partial charge in [0.05, 0.1) is 13.2 Å².